The van der Waals surface area contributed by atoms with Gasteiger partial charge in [-0.05, 0) is 31.2 Å². The minimum Gasteiger partial charge on any atom is -0.442 e. The SMILES string of the molecule is Cc1ccc(S(=O)(=O)c2ncoc2-c2ccnc3ccccc23)cc1. The molecule has 0 aliphatic rings. The summed E-state index contributed by atoms with van der Waals surface area (Å²) < 4.78 is 31.5. The number of hydrogen-bond acceptors (Lipinski definition) is 5. The third-order valence-corrected chi connectivity index (χ3v) is 5.71. The zero-order valence-corrected chi connectivity index (χ0v) is 14.2. The summed E-state index contributed by atoms with van der Waals surface area (Å²) in [6.45, 7) is 1.90. The van der Waals surface area contributed by atoms with E-state index in [-0.39, 0.29) is 15.7 Å². The van der Waals surface area contributed by atoms with Crippen molar-refractivity contribution >= 4 is 20.7 Å². The maximum Gasteiger partial charge on any atom is 0.227 e. The van der Waals surface area contributed by atoms with Crippen molar-refractivity contribution in [3.8, 4) is 11.3 Å². The first-order valence-electron chi connectivity index (χ1n) is 7.67. The molecule has 0 N–H and O–H groups in total. The fourth-order valence-corrected chi connectivity index (χ4v) is 4.03. The van der Waals surface area contributed by atoms with Crippen LogP contribution in [0, 0.1) is 6.92 Å². The third-order valence-electron chi connectivity index (χ3n) is 4.01. The number of para-hydroxylation sites is 1. The van der Waals surface area contributed by atoms with Gasteiger partial charge in [-0.25, -0.2) is 13.4 Å². The molecule has 25 heavy (non-hydrogen) atoms. The largest absolute Gasteiger partial charge is 0.442 e. The monoisotopic (exact) mass is 350 g/mol. The first kappa shape index (κ1) is 15.5. The molecule has 0 radical (unpaired) electrons. The minimum absolute atomic E-state index is 0.0901. The Labute approximate surface area is 144 Å². The number of hydrogen-bond donors (Lipinski definition) is 0. The number of rotatable bonds is 3. The Morgan fingerprint density at radius 3 is 2.48 bits per heavy atom. The lowest BCUT2D eigenvalue weighted by atomic mass is 10.1. The second-order valence-electron chi connectivity index (χ2n) is 5.68. The Morgan fingerprint density at radius 2 is 1.68 bits per heavy atom. The second kappa shape index (κ2) is 5.82. The van der Waals surface area contributed by atoms with E-state index in [1.54, 1.807) is 36.5 Å². The van der Waals surface area contributed by atoms with E-state index in [1.165, 1.54) is 0 Å². The quantitative estimate of drug-likeness (QED) is 0.558. The number of sulfone groups is 1. The Morgan fingerprint density at radius 1 is 0.920 bits per heavy atom. The number of aromatic nitrogens is 2. The number of pyridine rings is 1. The summed E-state index contributed by atoms with van der Waals surface area (Å²) in [5.74, 6) is 0.221. The van der Waals surface area contributed by atoms with Gasteiger partial charge >= 0.3 is 0 Å². The highest BCUT2D eigenvalue weighted by molar-refractivity contribution is 7.91. The molecule has 4 rings (SSSR count). The molecule has 0 spiro atoms. The molecular weight excluding hydrogens is 336 g/mol. The molecule has 0 saturated carbocycles. The van der Waals surface area contributed by atoms with Gasteiger partial charge in [0.25, 0.3) is 0 Å². The lowest BCUT2D eigenvalue weighted by Crippen LogP contribution is -2.04. The predicted octanol–water partition coefficient (Wildman–Crippen LogP) is 4.03. The molecule has 0 amide bonds. The summed E-state index contributed by atoms with van der Waals surface area (Å²) in [6, 6.07) is 15.9. The van der Waals surface area contributed by atoms with Crippen LogP contribution < -0.4 is 0 Å². The van der Waals surface area contributed by atoms with Gasteiger partial charge in [0.05, 0.1) is 10.4 Å². The number of fused-ring (bicyclic) bond motifs is 1. The Bertz CT molecular complexity index is 1160. The van der Waals surface area contributed by atoms with Crippen molar-refractivity contribution in [3.05, 3.63) is 72.8 Å². The number of nitrogens with zero attached hydrogens (tertiary/aromatic N) is 2. The van der Waals surface area contributed by atoms with Gasteiger partial charge in [0.15, 0.2) is 12.2 Å². The maximum absolute atomic E-state index is 13.0. The van der Waals surface area contributed by atoms with E-state index in [1.807, 2.05) is 31.2 Å². The van der Waals surface area contributed by atoms with Gasteiger partial charge in [-0.3, -0.25) is 4.98 Å². The molecule has 0 aliphatic carbocycles. The molecule has 0 unspecified atom stereocenters. The van der Waals surface area contributed by atoms with Gasteiger partial charge in [-0.15, -0.1) is 0 Å². The second-order valence-corrected chi connectivity index (χ2v) is 7.54. The van der Waals surface area contributed by atoms with Crippen LogP contribution in [0.15, 0.2) is 81.5 Å². The van der Waals surface area contributed by atoms with Gasteiger partial charge in [0.2, 0.25) is 14.9 Å². The van der Waals surface area contributed by atoms with E-state index in [0.29, 0.717) is 5.56 Å². The molecule has 0 atom stereocenters. The van der Waals surface area contributed by atoms with Crippen molar-refractivity contribution in [1.29, 1.82) is 0 Å². The molecule has 2 aromatic heterocycles. The summed E-state index contributed by atoms with van der Waals surface area (Å²) in [5, 5.41) is 0.717. The smallest absolute Gasteiger partial charge is 0.227 e. The van der Waals surface area contributed by atoms with Crippen molar-refractivity contribution < 1.29 is 12.8 Å². The van der Waals surface area contributed by atoms with E-state index < -0.39 is 9.84 Å². The molecule has 124 valence electrons. The summed E-state index contributed by atoms with van der Waals surface area (Å²) in [7, 11) is -3.79. The molecular formula is C19H14N2O3S. The highest BCUT2D eigenvalue weighted by Crippen LogP contribution is 2.34. The highest BCUT2D eigenvalue weighted by atomic mass is 32.2. The molecule has 4 aromatic rings. The summed E-state index contributed by atoms with van der Waals surface area (Å²) in [5.41, 5.74) is 2.39. The Hall–Kier alpha value is -2.99. The predicted molar refractivity (Wildman–Crippen MR) is 93.9 cm³/mol. The summed E-state index contributed by atoms with van der Waals surface area (Å²) in [4.78, 5) is 8.48. The van der Waals surface area contributed by atoms with E-state index in [2.05, 4.69) is 9.97 Å². The van der Waals surface area contributed by atoms with Crippen LogP contribution in [0.4, 0.5) is 0 Å². The first-order valence-corrected chi connectivity index (χ1v) is 9.15. The van der Waals surface area contributed by atoms with Crippen LogP contribution in [-0.2, 0) is 9.84 Å². The number of benzene rings is 2. The van der Waals surface area contributed by atoms with E-state index in [9.17, 15) is 8.42 Å². The molecule has 2 heterocycles. The van der Waals surface area contributed by atoms with E-state index in [0.717, 1.165) is 22.9 Å². The molecule has 5 nitrogen and oxygen atoms in total. The van der Waals surface area contributed by atoms with Crippen molar-refractivity contribution in [3.63, 3.8) is 0 Å². The lowest BCUT2D eigenvalue weighted by molar-refractivity contribution is 0.568. The topological polar surface area (TPSA) is 73.1 Å². The minimum atomic E-state index is -3.79. The van der Waals surface area contributed by atoms with Gasteiger partial charge in [0, 0.05) is 17.1 Å². The maximum atomic E-state index is 13.0. The van der Waals surface area contributed by atoms with Crippen LogP contribution >= 0.6 is 0 Å². The summed E-state index contributed by atoms with van der Waals surface area (Å²) >= 11 is 0. The lowest BCUT2D eigenvalue weighted by Gasteiger charge is -2.06. The van der Waals surface area contributed by atoms with Gasteiger partial charge in [-0.2, -0.15) is 0 Å². The normalized spacial score (nSPS) is 11.7. The number of oxazole rings is 1. The van der Waals surface area contributed by atoms with Crippen molar-refractivity contribution in [2.45, 2.75) is 16.8 Å². The average molecular weight is 350 g/mol. The molecule has 6 heteroatoms. The zero-order chi connectivity index (χ0) is 17.4. The fourth-order valence-electron chi connectivity index (χ4n) is 2.73. The standard InChI is InChI=1S/C19H14N2O3S/c1-13-6-8-14(9-7-13)25(22,23)19-18(24-12-21-19)16-10-11-20-17-5-3-2-4-15(16)17/h2-12H,1H3. The van der Waals surface area contributed by atoms with Crippen LogP contribution in [0.5, 0.6) is 0 Å². The van der Waals surface area contributed by atoms with Gasteiger partial charge in [-0.1, -0.05) is 35.9 Å². The van der Waals surface area contributed by atoms with Crippen LogP contribution in [-0.4, -0.2) is 18.4 Å². The van der Waals surface area contributed by atoms with Crippen LogP contribution in [0.2, 0.25) is 0 Å². The average Bonchev–Trinajstić information content (AvgIpc) is 3.12. The van der Waals surface area contributed by atoms with E-state index >= 15 is 0 Å². The molecule has 0 saturated heterocycles. The van der Waals surface area contributed by atoms with Crippen molar-refractivity contribution in [2.75, 3.05) is 0 Å². The molecule has 2 aromatic carbocycles. The zero-order valence-electron chi connectivity index (χ0n) is 13.4. The highest BCUT2D eigenvalue weighted by Gasteiger charge is 2.27. The third kappa shape index (κ3) is 2.60. The van der Waals surface area contributed by atoms with Gasteiger partial charge in [0.1, 0.15) is 0 Å². The van der Waals surface area contributed by atoms with Gasteiger partial charge < -0.3 is 4.42 Å². The molecule has 0 bridgehead atoms. The van der Waals surface area contributed by atoms with Crippen LogP contribution in [0.1, 0.15) is 5.56 Å². The van der Waals surface area contributed by atoms with Crippen LogP contribution in [0.25, 0.3) is 22.2 Å². The Kier molecular flexibility index (Phi) is 3.62. The number of aryl methyl sites for hydroxylation is 1. The van der Waals surface area contributed by atoms with Crippen LogP contribution in [0.3, 0.4) is 0 Å². The molecule has 0 fully saturated rings. The Balaban J connectivity index is 1.93. The first-order chi connectivity index (χ1) is 12.1. The fraction of sp³-hybridized carbons (Fsp3) is 0.0526. The summed E-state index contributed by atoms with van der Waals surface area (Å²) in [6.07, 6.45) is 2.79. The van der Waals surface area contributed by atoms with Crippen molar-refractivity contribution in [1.82, 2.24) is 9.97 Å². The van der Waals surface area contributed by atoms with Crippen molar-refractivity contribution in [2.24, 2.45) is 0 Å². The van der Waals surface area contributed by atoms with E-state index in [4.69, 9.17) is 4.42 Å². The molecule has 0 aliphatic heterocycles.